The normalized spacial score (nSPS) is 10.0. The number of ether oxygens (including phenoxy) is 1. The molecule has 0 aliphatic heterocycles. The van der Waals surface area contributed by atoms with Gasteiger partial charge in [-0.25, -0.2) is 10.8 Å². The predicted octanol–water partition coefficient (Wildman–Crippen LogP) is 1.13. The van der Waals surface area contributed by atoms with E-state index in [1.54, 1.807) is 6.20 Å². The quantitative estimate of drug-likeness (QED) is 0.630. The molecule has 0 bridgehead atoms. The van der Waals surface area contributed by atoms with Crippen molar-refractivity contribution < 1.29 is 4.74 Å². The van der Waals surface area contributed by atoms with E-state index in [4.69, 9.17) is 16.3 Å². The van der Waals surface area contributed by atoms with Crippen molar-refractivity contribution in [2.75, 3.05) is 24.4 Å². The zero-order valence-corrected chi connectivity index (χ0v) is 9.71. The largest absolute Gasteiger partial charge is 0.479 e. The monoisotopic (exact) mass is 260 g/mol. The van der Waals surface area contributed by atoms with Gasteiger partial charge in [0.1, 0.15) is 5.69 Å². The molecule has 0 saturated carbocycles. The van der Waals surface area contributed by atoms with Gasteiger partial charge >= 0.3 is 0 Å². The fraction of sp³-hybridized carbons (Fsp3) is 0.375. The smallest absolute Gasteiger partial charge is 0.239 e. The first kappa shape index (κ1) is 11.1. The molecule has 0 spiro atoms. The average Bonchev–Trinajstić information content (AvgIpc) is 2.18. The molecule has 1 aromatic rings. The van der Waals surface area contributed by atoms with Crippen LogP contribution in [0.2, 0.25) is 0 Å². The van der Waals surface area contributed by atoms with E-state index < -0.39 is 0 Å². The lowest BCUT2D eigenvalue weighted by Crippen LogP contribution is -2.31. The van der Waals surface area contributed by atoms with Crippen molar-refractivity contribution >= 4 is 27.3 Å². The maximum atomic E-state index is 5.83. The van der Waals surface area contributed by atoms with Gasteiger partial charge in [-0.1, -0.05) is 0 Å². The van der Waals surface area contributed by atoms with E-state index in [9.17, 15) is 0 Å². The zero-order valence-electron chi connectivity index (χ0n) is 8.12. The summed E-state index contributed by atoms with van der Waals surface area (Å²) >= 11 is 3.33. The number of nitrogen functional groups attached to an aromatic ring is 1. The summed E-state index contributed by atoms with van der Waals surface area (Å²) < 4.78 is 5.75. The van der Waals surface area contributed by atoms with E-state index in [0.717, 1.165) is 4.47 Å². The summed E-state index contributed by atoms with van der Waals surface area (Å²) in [5, 5.41) is 1.53. The Labute approximate surface area is 91.1 Å². The van der Waals surface area contributed by atoms with Gasteiger partial charge in [0.15, 0.2) is 0 Å². The maximum absolute atomic E-state index is 5.83. The van der Waals surface area contributed by atoms with E-state index in [2.05, 4.69) is 20.9 Å². The molecule has 1 rings (SSSR count). The third kappa shape index (κ3) is 1.91. The molecule has 0 fully saturated rings. The summed E-state index contributed by atoms with van der Waals surface area (Å²) in [6.45, 7) is 2.58. The molecule has 0 amide bonds. The van der Waals surface area contributed by atoms with Gasteiger partial charge in [0.25, 0.3) is 0 Å². The van der Waals surface area contributed by atoms with E-state index in [-0.39, 0.29) is 0 Å². The number of nitrogens with two attached hydrogens (primary N) is 2. The first-order valence-corrected chi connectivity index (χ1v) is 4.91. The van der Waals surface area contributed by atoms with Crippen LogP contribution in [-0.4, -0.2) is 18.6 Å². The Hall–Kier alpha value is -1.01. The van der Waals surface area contributed by atoms with Crippen molar-refractivity contribution in [1.82, 2.24) is 4.98 Å². The van der Waals surface area contributed by atoms with E-state index in [1.807, 2.05) is 6.92 Å². The number of hydrogen-bond acceptors (Lipinski definition) is 5. The number of methoxy groups -OCH3 is 1. The molecule has 1 aromatic heterocycles. The molecule has 0 aromatic carbocycles. The number of pyridine rings is 1. The Kier molecular flexibility index (Phi) is 3.54. The zero-order chi connectivity index (χ0) is 10.7. The van der Waals surface area contributed by atoms with Crippen LogP contribution in [0.3, 0.4) is 0 Å². The standard InChI is InChI=1S/C8H13BrN4O/c1-3-13(11)7-5(9)4-12-8(14-2)6(7)10/h4H,3,10-11H2,1-2H3. The number of rotatable bonds is 3. The van der Waals surface area contributed by atoms with Crippen molar-refractivity contribution in [3.63, 3.8) is 0 Å². The van der Waals surface area contributed by atoms with E-state index in [1.165, 1.54) is 12.1 Å². The van der Waals surface area contributed by atoms with Crippen molar-refractivity contribution in [3.8, 4) is 5.88 Å². The van der Waals surface area contributed by atoms with Crippen LogP contribution in [0.4, 0.5) is 11.4 Å². The topological polar surface area (TPSA) is 77.4 Å². The summed E-state index contributed by atoms with van der Waals surface area (Å²) in [5.41, 5.74) is 6.96. The van der Waals surface area contributed by atoms with Crippen LogP contribution in [-0.2, 0) is 0 Å². The van der Waals surface area contributed by atoms with Crippen LogP contribution in [0.15, 0.2) is 10.7 Å². The second-order valence-electron chi connectivity index (χ2n) is 2.66. The van der Waals surface area contributed by atoms with Crippen molar-refractivity contribution in [2.24, 2.45) is 5.84 Å². The van der Waals surface area contributed by atoms with Gasteiger partial charge < -0.3 is 15.5 Å². The lowest BCUT2D eigenvalue weighted by molar-refractivity contribution is 0.400. The lowest BCUT2D eigenvalue weighted by atomic mass is 10.3. The highest BCUT2D eigenvalue weighted by molar-refractivity contribution is 9.10. The molecule has 4 N–H and O–H groups in total. The SMILES string of the molecule is CCN(N)c1c(Br)cnc(OC)c1N. The lowest BCUT2D eigenvalue weighted by Gasteiger charge is -2.20. The Bertz CT molecular complexity index is 331. The Morgan fingerprint density at radius 2 is 2.29 bits per heavy atom. The third-order valence-corrected chi connectivity index (χ3v) is 2.41. The number of anilines is 2. The molecule has 1 heterocycles. The fourth-order valence-corrected chi connectivity index (χ4v) is 1.63. The number of halogens is 1. The third-order valence-electron chi connectivity index (χ3n) is 1.83. The number of hydrazine groups is 1. The maximum Gasteiger partial charge on any atom is 0.239 e. The van der Waals surface area contributed by atoms with Crippen LogP contribution < -0.4 is 21.3 Å². The van der Waals surface area contributed by atoms with Gasteiger partial charge in [-0.05, 0) is 22.9 Å². The highest BCUT2D eigenvalue weighted by Crippen LogP contribution is 2.35. The van der Waals surface area contributed by atoms with Crippen molar-refractivity contribution in [3.05, 3.63) is 10.7 Å². The fourth-order valence-electron chi connectivity index (χ4n) is 1.09. The summed E-state index contributed by atoms with van der Waals surface area (Å²) in [6, 6.07) is 0. The second-order valence-corrected chi connectivity index (χ2v) is 3.52. The second kappa shape index (κ2) is 4.47. The highest BCUT2D eigenvalue weighted by Gasteiger charge is 2.14. The van der Waals surface area contributed by atoms with Crippen LogP contribution >= 0.6 is 15.9 Å². The van der Waals surface area contributed by atoms with Gasteiger partial charge in [-0.15, -0.1) is 0 Å². The minimum Gasteiger partial charge on any atom is -0.479 e. The number of nitrogens with zero attached hydrogens (tertiary/aromatic N) is 2. The molecule has 0 radical (unpaired) electrons. The first-order valence-electron chi connectivity index (χ1n) is 4.12. The average molecular weight is 261 g/mol. The molecule has 14 heavy (non-hydrogen) atoms. The molecule has 0 atom stereocenters. The van der Waals surface area contributed by atoms with E-state index >= 15 is 0 Å². The minimum atomic E-state index is 0.382. The van der Waals surface area contributed by atoms with Gasteiger partial charge in [0.05, 0.1) is 17.3 Å². The highest BCUT2D eigenvalue weighted by atomic mass is 79.9. The van der Waals surface area contributed by atoms with Gasteiger partial charge in [-0.3, -0.25) is 0 Å². The van der Waals surface area contributed by atoms with Gasteiger partial charge in [-0.2, -0.15) is 0 Å². The molecular weight excluding hydrogens is 248 g/mol. The molecule has 0 aliphatic carbocycles. The molecule has 6 heteroatoms. The number of aromatic nitrogens is 1. The minimum absolute atomic E-state index is 0.382. The molecule has 5 nitrogen and oxygen atoms in total. The predicted molar refractivity (Wildman–Crippen MR) is 60.1 cm³/mol. The van der Waals surface area contributed by atoms with Crippen molar-refractivity contribution in [1.29, 1.82) is 0 Å². The van der Waals surface area contributed by atoms with Crippen LogP contribution in [0.25, 0.3) is 0 Å². The van der Waals surface area contributed by atoms with Gasteiger partial charge in [0, 0.05) is 12.7 Å². The molecule has 0 unspecified atom stereocenters. The summed E-state index contributed by atoms with van der Waals surface area (Å²) in [6.07, 6.45) is 1.61. The first-order chi connectivity index (χ1) is 6.61. The summed E-state index contributed by atoms with van der Waals surface area (Å²) in [4.78, 5) is 4.00. The van der Waals surface area contributed by atoms with Crippen LogP contribution in [0.1, 0.15) is 6.92 Å². The molecule has 78 valence electrons. The molecule has 0 saturated heterocycles. The molecule has 0 aliphatic rings. The Morgan fingerprint density at radius 1 is 1.64 bits per heavy atom. The number of hydrogen-bond donors (Lipinski definition) is 2. The Morgan fingerprint density at radius 3 is 2.79 bits per heavy atom. The summed E-state index contributed by atoms with van der Waals surface area (Å²) in [7, 11) is 1.52. The van der Waals surface area contributed by atoms with Crippen molar-refractivity contribution in [2.45, 2.75) is 6.92 Å². The summed E-state index contributed by atoms with van der Waals surface area (Å²) in [5.74, 6) is 6.14. The Balaban J connectivity index is 3.25. The van der Waals surface area contributed by atoms with E-state index in [0.29, 0.717) is 23.8 Å². The van der Waals surface area contributed by atoms with Crippen LogP contribution in [0, 0.1) is 0 Å². The van der Waals surface area contributed by atoms with Crippen LogP contribution in [0.5, 0.6) is 5.88 Å². The molecular formula is C8H13BrN4O. The van der Waals surface area contributed by atoms with Gasteiger partial charge in [0.2, 0.25) is 5.88 Å².